The van der Waals surface area contributed by atoms with Crippen LogP contribution in [0.1, 0.15) is 38.8 Å². The molecule has 1 saturated heterocycles. The number of halogens is 1. The van der Waals surface area contributed by atoms with E-state index in [2.05, 4.69) is 5.32 Å². The van der Waals surface area contributed by atoms with Gasteiger partial charge in [-0.15, -0.1) is 0 Å². The lowest BCUT2D eigenvalue weighted by atomic mass is 9.64. The third-order valence-corrected chi connectivity index (χ3v) is 9.17. The van der Waals surface area contributed by atoms with E-state index in [0.717, 1.165) is 16.8 Å². The number of methoxy groups -OCH3 is 1. The number of fused-ring (bicyclic) bond motifs is 6. The van der Waals surface area contributed by atoms with Crippen LogP contribution in [0.3, 0.4) is 0 Å². The molecule has 0 aromatic heterocycles. The highest BCUT2D eigenvalue weighted by molar-refractivity contribution is 6.30. The number of carbonyl (C=O) groups is 3. The maximum absolute atomic E-state index is 14.8. The molecule has 7 heteroatoms. The minimum atomic E-state index is -1.37. The number of amides is 1. The molecule has 0 saturated carbocycles. The molecule has 0 aliphatic carbocycles. The minimum absolute atomic E-state index is 0.261. The van der Waals surface area contributed by atoms with E-state index in [1.54, 1.807) is 55.6 Å². The first-order valence-electron chi connectivity index (χ1n) is 13.8. The molecular formula is C35H27ClN2O4. The van der Waals surface area contributed by atoms with E-state index in [-0.39, 0.29) is 17.5 Å². The van der Waals surface area contributed by atoms with Gasteiger partial charge in [0.25, 0.3) is 0 Å². The lowest BCUT2D eigenvalue weighted by Gasteiger charge is -2.39. The van der Waals surface area contributed by atoms with Crippen LogP contribution in [-0.4, -0.2) is 36.7 Å². The lowest BCUT2D eigenvalue weighted by Crippen LogP contribution is -2.51. The average Bonchev–Trinajstić information content (AvgIpc) is 3.49. The number of Topliss-reactive ketones (excluding diaryl/α,β-unsaturated/α-hetero) is 2. The van der Waals surface area contributed by atoms with Crippen molar-refractivity contribution in [3.05, 3.63) is 130 Å². The zero-order valence-electron chi connectivity index (χ0n) is 23.0. The molecule has 3 aliphatic rings. The van der Waals surface area contributed by atoms with Gasteiger partial charge in [-0.05, 0) is 66.6 Å². The van der Waals surface area contributed by atoms with Crippen molar-refractivity contribution in [3.63, 3.8) is 0 Å². The summed E-state index contributed by atoms with van der Waals surface area (Å²) in [4.78, 5) is 46.1. The molecule has 1 spiro atoms. The van der Waals surface area contributed by atoms with Crippen molar-refractivity contribution in [1.29, 1.82) is 0 Å². The van der Waals surface area contributed by atoms with Gasteiger partial charge in [0.05, 0.1) is 19.1 Å². The van der Waals surface area contributed by atoms with Crippen LogP contribution in [0.5, 0.6) is 5.75 Å². The molecule has 1 amide bonds. The van der Waals surface area contributed by atoms with E-state index >= 15 is 0 Å². The maximum Gasteiger partial charge on any atom is 0.238 e. The highest BCUT2D eigenvalue weighted by atomic mass is 35.5. The summed E-state index contributed by atoms with van der Waals surface area (Å²) in [5.41, 5.74) is 3.53. The molecule has 1 fully saturated rings. The fraction of sp³-hybridized carbons (Fsp3) is 0.171. The number of nitrogens with one attached hydrogen (secondary N) is 1. The van der Waals surface area contributed by atoms with Gasteiger partial charge < -0.3 is 15.0 Å². The molecule has 4 aromatic rings. The van der Waals surface area contributed by atoms with E-state index in [1.165, 1.54) is 0 Å². The molecule has 0 bridgehead atoms. The fourth-order valence-corrected chi connectivity index (χ4v) is 7.25. The molecule has 1 N–H and O–H groups in total. The number of ether oxygens (including phenoxy) is 1. The van der Waals surface area contributed by atoms with Crippen LogP contribution in [0.25, 0.3) is 5.57 Å². The number of allylic oxidation sites excluding steroid dienone is 1. The molecule has 3 heterocycles. The number of carbonyl (C=O) groups excluding carboxylic acids is 3. The van der Waals surface area contributed by atoms with Crippen LogP contribution in [0, 0.1) is 5.92 Å². The van der Waals surface area contributed by atoms with Gasteiger partial charge in [0.2, 0.25) is 5.91 Å². The highest BCUT2D eigenvalue weighted by Gasteiger charge is 2.70. The summed E-state index contributed by atoms with van der Waals surface area (Å²) in [6.45, 7) is 2.01. The molecule has 0 radical (unpaired) electrons. The molecule has 4 aromatic carbocycles. The van der Waals surface area contributed by atoms with Crippen molar-refractivity contribution >= 4 is 46.0 Å². The van der Waals surface area contributed by atoms with E-state index in [1.807, 2.05) is 66.4 Å². The Morgan fingerprint density at radius 1 is 0.881 bits per heavy atom. The second kappa shape index (κ2) is 9.71. The van der Waals surface area contributed by atoms with Gasteiger partial charge in [-0.25, -0.2) is 0 Å². The quantitative estimate of drug-likeness (QED) is 0.272. The number of nitrogens with zero attached hydrogens (tertiary/aromatic N) is 1. The molecular weight excluding hydrogens is 548 g/mol. The third kappa shape index (κ3) is 3.61. The van der Waals surface area contributed by atoms with Crippen LogP contribution in [0.2, 0.25) is 5.02 Å². The largest absolute Gasteiger partial charge is 0.497 e. The van der Waals surface area contributed by atoms with Gasteiger partial charge in [0.15, 0.2) is 11.6 Å². The Labute approximate surface area is 248 Å². The molecule has 6 nitrogen and oxygen atoms in total. The standard InChI is InChI=1S/C35H27ClN2O4/c1-20-18-29-35(26-11-4-5-12-27(26)37-34(35)41)30(32(39)21-14-16-23(36)17-15-21)31(38(29)28-13-6-3-10-25(20)28)33(40)22-8-7-9-24(19-22)42-2/h3-19,29-31H,1-2H3,(H,37,41)/t29-,30+,31-,35-/m0/s1. The van der Waals surface area contributed by atoms with E-state index in [4.69, 9.17) is 16.3 Å². The molecule has 208 valence electrons. The summed E-state index contributed by atoms with van der Waals surface area (Å²) in [6.07, 6.45) is 2.05. The number of hydrogen-bond acceptors (Lipinski definition) is 5. The van der Waals surface area contributed by atoms with Crippen LogP contribution in [0.15, 0.2) is 103 Å². The average molecular weight is 575 g/mol. The maximum atomic E-state index is 14.8. The van der Waals surface area contributed by atoms with Crippen molar-refractivity contribution in [2.75, 3.05) is 17.3 Å². The van der Waals surface area contributed by atoms with Crippen molar-refractivity contribution < 1.29 is 19.1 Å². The van der Waals surface area contributed by atoms with Gasteiger partial charge in [-0.3, -0.25) is 14.4 Å². The SMILES string of the molecule is COc1cccc(C(=O)[C@@H]2[C@H](C(=O)c3ccc(Cl)cc3)[C@@]3(C(=O)Nc4ccccc43)[C@@H]3C=C(C)c4ccccc4N23)c1. The summed E-state index contributed by atoms with van der Waals surface area (Å²) in [6, 6.07) is 27.3. The first-order chi connectivity index (χ1) is 20.4. The Morgan fingerprint density at radius 3 is 2.40 bits per heavy atom. The van der Waals surface area contributed by atoms with Gasteiger partial charge in [0, 0.05) is 33.1 Å². The van der Waals surface area contributed by atoms with E-state index in [0.29, 0.717) is 33.1 Å². The Bertz CT molecular complexity index is 1810. The zero-order valence-corrected chi connectivity index (χ0v) is 23.8. The lowest BCUT2D eigenvalue weighted by molar-refractivity contribution is -0.121. The van der Waals surface area contributed by atoms with Crippen molar-refractivity contribution in [1.82, 2.24) is 0 Å². The summed E-state index contributed by atoms with van der Waals surface area (Å²) in [5.74, 6) is -1.37. The Balaban J connectivity index is 1.55. The third-order valence-electron chi connectivity index (χ3n) is 8.92. The van der Waals surface area contributed by atoms with Crippen LogP contribution in [0.4, 0.5) is 11.4 Å². The first kappa shape index (κ1) is 26.2. The summed E-state index contributed by atoms with van der Waals surface area (Å²) in [5, 5.41) is 3.56. The van der Waals surface area contributed by atoms with Crippen molar-refractivity contribution in [2.24, 2.45) is 5.92 Å². The van der Waals surface area contributed by atoms with E-state index < -0.39 is 23.4 Å². The number of anilines is 2. The topological polar surface area (TPSA) is 75.7 Å². The van der Waals surface area contributed by atoms with Crippen LogP contribution < -0.4 is 15.0 Å². The fourth-order valence-electron chi connectivity index (χ4n) is 7.13. The predicted molar refractivity (Wildman–Crippen MR) is 163 cm³/mol. The second-order valence-electron chi connectivity index (χ2n) is 11.0. The molecule has 42 heavy (non-hydrogen) atoms. The number of para-hydroxylation sites is 2. The number of hydrogen-bond donors (Lipinski definition) is 1. The Morgan fingerprint density at radius 2 is 1.62 bits per heavy atom. The normalized spacial score (nSPS) is 23.5. The van der Waals surface area contributed by atoms with Gasteiger partial charge in [-0.1, -0.05) is 66.2 Å². The van der Waals surface area contributed by atoms with Gasteiger partial charge in [0.1, 0.15) is 17.2 Å². The molecule has 0 unspecified atom stereocenters. The number of rotatable bonds is 5. The minimum Gasteiger partial charge on any atom is -0.497 e. The van der Waals surface area contributed by atoms with Crippen LogP contribution >= 0.6 is 11.6 Å². The van der Waals surface area contributed by atoms with Crippen molar-refractivity contribution in [3.8, 4) is 5.75 Å². The Kier molecular flexibility index (Phi) is 6.06. The highest BCUT2D eigenvalue weighted by Crippen LogP contribution is 2.58. The van der Waals surface area contributed by atoms with E-state index in [9.17, 15) is 14.4 Å². The van der Waals surface area contributed by atoms with Crippen LogP contribution in [-0.2, 0) is 10.2 Å². The molecule has 4 atom stereocenters. The van der Waals surface area contributed by atoms with Crippen molar-refractivity contribution in [2.45, 2.75) is 24.4 Å². The summed E-state index contributed by atoms with van der Waals surface area (Å²) in [7, 11) is 1.55. The zero-order chi connectivity index (χ0) is 29.2. The predicted octanol–water partition coefficient (Wildman–Crippen LogP) is 6.59. The smallest absolute Gasteiger partial charge is 0.238 e. The molecule has 3 aliphatic heterocycles. The summed E-state index contributed by atoms with van der Waals surface area (Å²) < 4.78 is 5.44. The second-order valence-corrected chi connectivity index (χ2v) is 11.4. The van der Waals surface area contributed by atoms with Gasteiger partial charge in [-0.2, -0.15) is 0 Å². The monoisotopic (exact) mass is 574 g/mol. The Hall–Kier alpha value is -4.68. The molecule has 7 rings (SSSR count). The number of ketones is 2. The number of benzene rings is 4. The van der Waals surface area contributed by atoms with Gasteiger partial charge >= 0.3 is 0 Å². The summed E-state index contributed by atoms with van der Waals surface area (Å²) >= 11 is 6.19. The first-order valence-corrected chi connectivity index (χ1v) is 14.2.